The molecule has 0 N–H and O–H groups in total. The standard InChI is InChI=1S/C13H17BrS/c1-9-3-4-10(2)11(5-9)6-12-7-15-8-13(12)14/h3-5,12-13H,6-8H2,1-2H3. The van der Waals surface area contributed by atoms with Crippen LogP contribution in [0.4, 0.5) is 0 Å². The summed E-state index contributed by atoms with van der Waals surface area (Å²) >= 11 is 5.86. The van der Waals surface area contributed by atoms with Crippen LogP contribution in [0.3, 0.4) is 0 Å². The minimum atomic E-state index is 0.711. The molecule has 0 nitrogen and oxygen atoms in total. The first-order valence-electron chi connectivity index (χ1n) is 5.45. The third kappa shape index (κ3) is 2.79. The van der Waals surface area contributed by atoms with Crippen molar-refractivity contribution >= 4 is 27.7 Å². The van der Waals surface area contributed by atoms with E-state index >= 15 is 0 Å². The van der Waals surface area contributed by atoms with Crippen molar-refractivity contribution in [1.29, 1.82) is 0 Å². The van der Waals surface area contributed by atoms with Gasteiger partial charge in [-0.05, 0) is 43.1 Å². The summed E-state index contributed by atoms with van der Waals surface area (Å²) in [5, 5.41) is 0. The van der Waals surface area contributed by atoms with Gasteiger partial charge in [0.1, 0.15) is 0 Å². The molecule has 0 saturated carbocycles. The maximum atomic E-state index is 3.78. The minimum absolute atomic E-state index is 0.711. The van der Waals surface area contributed by atoms with E-state index in [0.29, 0.717) is 4.83 Å². The SMILES string of the molecule is Cc1ccc(C)c(CC2CSCC2Br)c1. The predicted octanol–water partition coefficient (Wildman–Crippen LogP) is 3.97. The monoisotopic (exact) mass is 284 g/mol. The molecule has 1 aromatic carbocycles. The lowest BCUT2D eigenvalue weighted by Crippen LogP contribution is -2.14. The van der Waals surface area contributed by atoms with Crippen molar-refractivity contribution in [3.63, 3.8) is 0 Å². The number of hydrogen-bond acceptors (Lipinski definition) is 1. The lowest BCUT2D eigenvalue weighted by molar-refractivity contribution is 0.614. The van der Waals surface area contributed by atoms with Crippen molar-refractivity contribution in [2.75, 3.05) is 11.5 Å². The molecule has 1 heterocycles. The molecule has 1 aliphatic rings. The predicted molar refractivity (Wildman–Crippen MR) is 73.2 cm³/mol. The van der Waals surface area contributed by atoms with Crippen LogP contribution in [-0.2, 0) is 6.42 Å². The molecule has 0 radical (unpaired) electrons. The number of thioether (sulfide) groups is 1. The van der Waals surface area contributed by atoms with Gasteiger partial charge in [0.25, 0.3) is 0 Å². The van der Waals surface area contributed by atoms with Crippen LogP contribution in [-0.4, -0.2) is 16.3 Å². The summed E-state index contributed by atoms with van der Waals surface area (Å²) in [4.78, 5) is 0.711. The van der Waals surface area contributed by atoms with Crippen molar-refractivity contribution in [3.8, 4) is 0 Å². The molecule has 1 aliphatic heterocycles. The zero-order chi connectivity index (χ0) is 10.8. The molecule has 0 aliphatic carbocycles. The number of hydrogen-bond donors (Lipinski definition) is 0. The highest BCUT2D eigenvalue weighted by molar-refractivity contribution is 9.09. The largest absolute Gasteiger partial charge is 0.160 e. The smallest absolute Gasteiger partial charge is 0.0275 e. The lowest BCUT2D eigenvalue weighted by Gasteiger charge is -2.15. The molecule has 82 valence electrons. The minimum Gasteiger partial charge on any atom is -0.160 e. The second kappa shape index (κ2) is 4.92. The van der Waals surface area contributed by atoms with E-state index in [9.17, 15) is 0 Å². The van der Waals surface area contributed by atoms with Gasteiger partial charge in [-0.2, -0.15) is 11.8 Å². The fraction of sp³-hybridized carbons (Fsp3) is 0.538. The van der Waals surface area contributed by atoms with Crippen LogP contribution in [0.5, 0.6) is 0 Å². The van der Waals surface area contributed by atoms with Crippen LogP contribution in [0.2, 0.25) is 0 Å². The normalized spacial score (nSPS) is 25.8. The first-order chi connectivity index (χ1) is 7.16. The number of alkyl halides is 1. The molecule has 0 bridgehead atoms. The quantitative estimate of drug-likeness (QED) is 0.741. The number of halogens is 1. The highest BCUT2D eigenvalue weighted by atomic mass is 79.9. The Morgan fingerprint density at radius 1 is 1.33 bits per heavy atom. The van der Waals surface area contributed by atoms with Gasteiger partial charge in [0.15, 0.2) is 0 Å². The average molecular weight is 285 g/mol. The molecule has 2 rings (SSSR count). The third-order valence-electron chi connectivity index (χ3n) is 3.11. The maximum Gasteiger partial charge on any atom is 0.0275 e. The van der Waals surface area contributed by atoms with Gasteiger partial charge in [-0.1, -0.05) is 39.7 Å². The molecule has 0 amide bonds. The van der Waals surface area contributed by atoms with Crippen molar-refractivity contribution in [2.45, 2.75) is 25.1 Å². The first kappa shape index (κ1) is 11.5. The molecule has 2 unspecified atom stereocenters. The Bertz CT molecular complexity index is 348. The average Bonchev–Trinajstić information content (AvgIpc) is 2.58. The highest BCUT2D eigenvalue weighted by Crippen LogP contribution is 2.32. The van der Waals surface area contributed by atoms with Gasteiger partial charge < -0.3 is 0 Å². The Labute approximate surface area is 105 Å². The second-order valence-electron chi connectivity index (χ2n) is 4.45. The van der Waals surface area contributed by atoms with Gasteiger partial charge in [0, 0.05) is 10.6 Å². The lowest BCUT2D eigenvalue weighted by atomic mass is 9.94. The summed E-state index contributed by atoms with van der Waals surface area (Å²) in [5.74, 6) is 3.40. The molecular weight excluding hydrogens is 268 g/mol. The zero-order valence-electron chi connectivity index (χ0n) is 9.29. The Morgan fingerprint density at radius 2 is 2.13 bits per heavy atom. The Kier molecular flexibility index (Phi) is 3.78. The van der Waals surface area contributed by atoms with Gasteiger partial charge in [0.2, 0.25) is 0 Å². The fourth-order valence-corrected chi connectivity index (χ4v) is 4.53. The Balaban J connectivity index is 2.12. The van der Waals surface area contributed by atoms with Crippen LogP contribution in [0.15, 0.2) is 18.2 Å². The maximum absolute atomic E-state index is 3.78. The highest BCUT2D eigenvalue weighted by Gasteiger charge is 2.25. The number of rotatable bonds is 2. The number of aryl methyl sites for hydroxylation is 2. The van der Waals surface area contributed by atoms with E-state index in [2.05, 4.69) is 59.7 Å². The van der Waals surface area contributed by atoms with Crippen LogP contribution in [0, 0.1) is 19.8 Å². The molecule has 0 aromatic heterocycles. The Hall–Kier alpha value is 0.0500. The van der Waals surface area contributed by atoms with Crippen LogP contribution in [0.1, 0.15) is 16.7 Å². The Morgan fingerprint density at radius 3 is 2.80 bits per heavy atom. The molecule has 2 atom stereocenters. The molecular formula is C13H17BrS. The van der Waals surface area contributed by atoms with E-state index in [1.807, 2.05) is 0 Å². The molecule has 2 heteroatoms. The summed E-state index contributed by atoms with van der Waals surface area (Å²) in [6, 6.07) is 6.79. The van der Waals surface area contributed by atoms with Gasteiger partial charge in [-0.15, -0.1) is 0 Å². The van der Waals surface area contributed by atoms with Gasteiger partial charge in [0.05, 0.1) is 0 Å². The van der Waals surface area contributed by atoms with Crippen LogP contribution >= 0.6 is 27.7 Å². The summed E-state index contributed by atoms with van der Waals surface area (Å²) in [6.45, 7) is 4.40. The van der Waals surface area contributed by atoms with Gasteiger partial charge in [-0.25, -0.2) is 0 Å². The second-order valence-corrected chi connectivity index (χ2v) is 6.70. The fourth-order valence-electron chi connectivity index (χ4n) is 2.06. The summed E-state index contributed by atoms with van der Waals surface area (Å²) < 4.78 is 0. The van der Waals surface area contributed by atoms with Crippen LogP contribution < -0.4 is 0 Å². The van der Waals surface area contributed by atoms with Crippen molar-refractivity contribution in [2.24, 2.45) is 5.92 Å². The van der Waals surface area contributed by atoms with Crippen molar-refractivity contribution < 1.29 is 0 Å². The third-order valence-corrected chi connectivity index (χ3v) is 5.87. The van der Waals surface area contributed by atoms with E-state index in [1.165, 1.54) is 34.6 Å². The molecule has 1 aromatic rings. The molecule has 1 fully saturated rings. The zero-order valence-corrected chi connectivity index (χ0v) is 11.7. The molecule has 15 heavy (non-hydrogen) atoms. The molecule has 0 spiro atoms. The van der Waals surface area contributed by atoms with E-state index in [0.717, 1.165) is 5.92 Å². The van der Waals surface area contributed by atoms with E-state index in [1.54, 1.807) is 0 Å². The van der Waals surface area contributed by atoms with Gasteiger partial charge >= 0.3 is 0 Å². The first-order valence-corrected chi connectivity index (χ1v) is 7.52. The van der Waals surface area contributed by atoms with E-state index in [4.69, 9.17) is 0 Å². The van der Waals surface area contributed by atoms with Crippen LogP contribution in [0.25, 0.3) is 0 Å². The summed E-state index contributed by atoms with van der Waals surface area (Å²) in [5.41, 5.74) is 4.36. The summed E-state index contributed by atoms with van der Waals surface area (Å²) in [6.07, 6.45) is 1.23. The van der Waals surface area contributed by atoms with Crippen molar-refractivity contribution in [1.82, 2.24) is 0 Å². The van der Waals surface area contributed by atoms with Gasteiger partial charge in [-0.3, -0.25) is 0 Å². The summed E-state index contributed by atoms with van der Waals surface area (Å²) in [7, 11) is 0. The van der Waals surface area contributed by atoms with E-state index < -0.39 is 0 Å². The van der Waals surface area contributed by atoms with Crippen molar-refractivity contribution in [3.05, 3.63) is 34.9 Å². The number of benzene rings is 1. The molecule has 1 saturated heterocycles. The topological polar surface area (TPSA) is 0 Å². The van der Waals surface area contributed by atoms with E-state index in [-0.39, 0.29) is 0 Å².